The van der Waals surface area contributed by atoms with Gasteiger partial charge in [0, 0.05) is 37.3 Å². The van der Waals surface area contributed by atoms with Crippen molar-refractivity contribution in [2.24, 2.45) is 11.7 Å². The summed E-state index contributed by atoms with van der Waals surface area (Å²) in [5.74, 6) is -4.04. The number of benzene rings is 1. The molecule has 4 atom stereocenters. The first kappa shape index (κ1) is 23.5. The molecule has 0 saturated carbocycles. The van der Waals surface area contributed by atoms with E-state index in [1.54, 1.807) is 4.90 Å². The molecule has 4 rings (SSSR count). The summed E-state index contributed by atoms with van der Waals surface area (Å²) in [4.78, 5) is 14.7. The maximum absolute atomic E-state index is 14.0. The number of hydrogen-bond donors (Lipinski definition) is 1. The Bertz CT molecular complexity index is 955. The van der Waals surface area contributed by atoms with Crippen LogP contribution in [0.5, 0.6) is 0 Å². The van der Waals surface area contributed by atoms with Gasteiger partial charge in [-0.1, -0.05) is 6.42 Å². The second kappa shape index (κ2) is 9.30. The maximum Gasteiger partial charge on any atom is 0.239 e. The van der Waals surface area contributed by atoms with E-state index in [0.29, 0.717) is 32.0 Å². The summed E-state index contributed by atoms with van der Waals surface area (Å²) >= 11 is 0. The van der Waals surface area contributed by atoms with Crippen LogP contribution in [0.15, 0.2) is 12.1 Å². The van der Waals surface area contributed by atoms with Gasteiger partial charge in [0.25, 0.3) is 0 Å². The van der Waals surface area contributed by atoms with E-state index in [1.807, 2.05) is 0 Å². The Morgan fingerprint density at radius 3 is 2.22 bits per heavy atom. The van der Waals surface area contributed by atoms with Crippen LogP contribution in [0.3, 0.4) is 0 Å². The normalized spacial score (nSPS) is 27.5. The average Bonchev–Trinajstić information content (AvgIpc) is 3.02. The lowest BCUT2D eigenvalue weighted by atomic mass is 9.82. The van der Waals surface area contributed by atoms with Gasteiger partial charge < -0.3 is 10.6 Å². The van der Waals surface area contributed by atoms with Gasteiger partial charge in [0.15, 0.2) is 11.6 Å². The molecule has 3 aliphatic heterocycles. The SMILES string of the molecule is N[C@H](Cc1cc(F)c(F)cc1F)C1C[C@H]2CC[C@@H](C1)N2C(=O)CS(=O)(=O)N1CCCCC1. The lowest BCUT2D eigenvalue weighted by Gasteiger charge is -2.41. The van der Waals surface area contributed by atoms with E-state index >= 15 is 0 Å². The third kappa shape index (κ3) is 4.82. The predicted molar refractivity (Wildman–Crippen MR) is 114 cm³/mol. The van der Waals surface area contributed by atoms with Crippen molar-refractivity contribution in [3.63, 3.8) is 0 Å². The number of hydrogen-bond acceptors (Lipinski definition) is 4. The molecule has 10 heteroatoms. The molecule has 3 heterocycles. The standard InChI is InChI=1S/C22H30F3N3O3S/c23-18-12-20(25)19(24)10-14(18)11-21(26)15-8-16-4-5-17(9-15)28(16)22(29)13-32(30,31)27-6-2-1-3-7-27/h10,12,15-17,21H,1-9,11,13,26H2/t15?,16-,17+,21-/m1/s1. The first-order chi connectivity index (χ1) is 15.2. The molecule has 1 aromatic carbocycles. The zero-order chi connectivity index (χ0) is 23.0. The molecule has 6 nitrogen and oxygen atoms in total. The van der Waals surface area contributed by atoms with Gasteiger partial charge in [-0.2, -0.15) is 0 Å². The van der Waals surface area contributed by atoms with Crippen LogP contribution in [0.25, 0.3) is 0 Å². The lowest BCUT2D eigenvalue weighted by molar-refractivity contribution is -0.133. The summed E-state index contributed by atoms with van der Waals surface area (Å²) in [6, 6.07) is 0.730. The smallest absolute Gasteiger partial charge is 0.239 e. The Kier molecular flexibility index (Phi) is 6.84. The van der Waals surface area contributed by atoms with E-state index in [9.17, 15) is 26.4 Å². The number of rotatable bonds is 6. The van der Waals surface area contributed by atoms with Gasteiger partial charge in [-0.05, 0) is 62.5 Å². The number of sulfonamides is 1. The van der Waals surface area contributed by atoms with E-state index in [-0.39, 0.29) is 35.9 Å². The topological polar surface area (TPSA) is 83.7 Å². The van der Waals surface area contributed by atoms with Crippen LogP contribution in [-0.2, 0) is 21.2 Å². The van der Waals surface area contributed by atoms with Crippen LogP contribution in [-0.4, -0.2) is 60.5 Å². The summed E-state index contributed by atoms with van der Waals surface area (Å²) in [5, 5.41) is 0. The molecule has 1 amide bonds. The molecule has 3 saturated heterocycles. The fourth-order valence-electron chi connectivity index (χ4n) is 5.58. The summed E-state index contributed by atoms with van der Waals surface area (Å²) in [7, 11) is -3.62. The third-order valence-electron chi connectivity index (χ3n) is 7.22. The van der Waals surface area contributed by atoms with Gasteiger partial charge in [0.1, 0.15) is 11.6 Å². The predicted octanol–water partition coefficient (Wildman–Crippen LogP) is 2.56. The Balaban J connectivity index is 1.39. The minimum atomic E-state index is -3.62. The number of piperidine rings is 2. The minimum Gasteiger partial charge on any atom is -0.336 e. The van der Waals surface area contributed by atoms with Crippen molar-refractivity contribution in [2.45, 2.75) is 69.5 Å². The molecule has 3 fully saturated rings. The highest BCUT2D eigenvalue weighted by atomic mass is 32.2. The van der Waals surface area contributed by atoms with E-state index in [2.05, 4.69) is 0 Å². The monoisotopic (exact) mass is 473 g/mol. The molecule has 1 aromatic rings. The van der Waals surface area contributed by atoms with Gasteiger partial charge in [-0.25, -0.2) is 25.9 Å². The van der Waals surface area contributed by atoms with Crippen molar-refractivity contribution in [2.75, 3.05) is 18.8 Å². The maximum atomic E-state index is 14.0. The first-order valence-electron chi connectivity index (χ1n) is 11.3. The zero-order valence-electron chi connectivity index (χ0n) is 18.0. The second-order valence-corrected chi connectivity index (χ2v) is 11.3. The molecule has 0 radical (unpaired) electrons. The van der Waals surface area contributed by atoms with Crippen LogP contribution < -0.4 is 5.73 Å². The number of carbonyl (C=O) groups is 1. The van der Waals surface area contributed by atoms with Crippen molar-refractivity contribution in [3.05, 3.63) is 35.1 Å². The number of amides is 1. The van der Waals surface area contributed by atoms with E-state index in [1.165, 1.54) is 4.31 Å². The lowest BCUT2D eigenvalue weighted by Crippen LogP contribution is -2.52. The molecule has 178 valence electrons. The highest BCUT2D eigenvalue weighted by molar-refractivity contribution is 7.89. The van der Waals surface area contributed by atoms with Crippen LogP contribution in [0.1, 0.15) is 50.5 Å². The molecular weight excluding hydrogens is 443 g/mol. The molecule has 1 unspecified atom stereocenters. The van der Waals surface area contributed by atoms with Crippen LogP contribution in [0.2, 0.25) is 0 Å². The second-order valence-electron chi connectivity index (χ2n) is 9.36. The Morgan fingerprint density at radius 2 is 1.59 bits per heavy atom. The van der Waals surface area contributed by atoms with Gasteiger partial charge in [0.05, 0.1) is 0 Å². The van der Waals surface area contributed by atoms with E-state index in [0.717, 1.165) is 38.2 Å². The third-order valence-corrected chi connectivity index (χ3v) is 8.99. The fraction of sp³-hybridized carbons (Fsp3) is 0.682. The molecule has 0 aromatic heterocycles. The summed E-state index contributed by atoms with van der Waals surface area (Å²) in [5.41, 5.74) is 6.36. The van der Waals surface area contributed by atoms with Crippen LogP contribution in [0, 0.1) is 23.4 Å². The summed E-state index contributed by atoms with van der Waals surface area (Å²) < 4.78 is 67.6. The molecule has 0 spiro atoms. The van der Waals surface area contributed by atoms with E-state index < -0.39 is 39.3 Å². The molecule has 3 aliphatic rings. The van der Waals surface area contributed by atoms with E-state index in [4.69, 9.17) is 5.73 Å². The summed E-state index contributed by atoms with van der Waals surface area (Å²) in [6.45, 7) is 0.944. The number of carbonyl (C=O) groups excluding carboxylic acids is 1. The highest BCUT2D eigenvalue weighted by Gasteiger charge is 2.45. The zero-order valence-corrected chi connectivity index (χ0v) is 18.8. The Labute approximate surface area is 187 Å². The Hall–Kier alpha value is -1.65. The van der Waals surface area contributed by atoms with Crippen molar-refractivity contribution >= 4 is 15.9 Å². The fourth-order valence-corrected chi connectivity index (χ4v) is 7.04. The number of nitrogens with two attached hydrogens (primary N) is 1. The largest absolute Gasteiger partial charge is 0.336 e. The Morgan fingerprint density at radius 1 is 1.00 bits per heavy atom. The van der Waals surface area contributed by atoms with Crippen molar-refractivity contribution < 1.29 is 26.4 Å². The van der Waals surface area contributed by atoms with Crippen molar-refractivity contribution in [1.82, 2.24) is 9.21 Å². The minimum absolute atomic E-state index is 0.0113. The van der Waals surface area contributed by atoms with Gasteiger partial charge in [-0.15, -0.1) is 0 Å². The molecule has 2 N–H and O–H groups in total. The van der Waals surface area contributed by atoms with Gasteiger partial charge in [0.2, 0.25) is 15.9 Å². The average molecular weight is 474 g/mol. The quantitative estimate of drug-likeness (QED) is 0.644. The first-order valence-corrected chi connectivity index (χ1v) is 12.9. The molecule has 0 aliphatic carbocycles. The van der Waals surface area contributed by atoms with Crippen LogP contribution in [0.4, 0.5) is 13.2 Å². The molecular formula is C22H30F3N3O3S. The number of fused-ring (bicyclic) bond motifs is 2. The molecule has 32 heavy (non-hydrogen) atoms. The number of halogens is 3. The van der Waals surface area contributed by atoms with Gasteiger partial charge in [-0.3, -0.25) is 4.79 Å². The van der Waals surface area contributed by atoms with Crippen molar-refractivity contribution in [3.8, 4) is 0 Å². The number of nitrogens with zero attached hydrogens (tertiary/aromatic N) is 2. The summed E-state index contributed by atoms with van der Waals surface area (Å²) in [6.07, 6.45) is 5.47. The highest BCUT2D eigenvalue weighted by Crippen LogP contribution is 2.40. The molecule has 2 bridgehead atoms. The van der Waals surface area contributed by atoms with Crippen LogP contribution >= 0.6 is 0 Å². The van der Waals surface area contributed by atoms with Crippen molar-refractivity contribution in [1.29, 1.82) is 0 Å². The van der Waals surface area contributed by atoms with Gasteiger partial charge >= 0.3 is 0 Å².